The second-order valence-corrected chi connectivity index (χ2v) is 6.47. The van der Waals surface area contributed by atoms with Crippen LogP contribution in [0.5, 0.6) is 0 Å². The number of likely N-dealkylation sites (N-methyl/N-ethyl adjacent to an activating group) is 1. The predicted molar refractivity (Wildman–Crippen MR) is 80.6 cm³/mol. The third-order valence-corrected chi connectivity index (χ3v) is 4.81. The monoisotopic (exact) mass is 282 g/mol. The molecular formula is C16H30N2O2. The van der Waals surface area contributed by atoms with E-state index in [-0.39, 0.29) is 11.9 Å². The van der Waals surface area contributed by atoms with Gasteiger partial charge in [0.05, 0.1) is 12.5 Å². The molecule has 0 aromatic carbocycles. The lowest BCUT2D eigenvalue weighted by molar-refractivity contribution is -0.149. The maximum atomic E-state index is 11.8. The molecule has 0 spiro atoms. The van der Waals surface area contributed by atoms with Crippen molar-refractivity contribution in [3.8, 4) is 0 Å². The fourth-order valence-corrected chi connectivity index (χ4v) is 3.17. The SMILES string of the molecule is CCOC(=O)C1CCCC(NCC(C)N(C)C2CC2)C1. The van der Waals surface area contributed by atoms with Gasteiger partial charge in [0.15, 0.2) is 0 Å². The molecule has 2 aliphatic rings. The van der Waals surface area contributed by atoms with E-state index in [1.54, 1.807) is 0 Å². The Kier molecular flexibility index (Phi) is 5.85. The van der Waals surface area contributed by atoms with Crippen LogP contribution in [-0.4, -0.2) is 49.2 Å². The molecule has 20 heavy (non-hydrogen) atoms. The van der Waals surface area contributed by atoms with E-state index in [0.717, 1.165) is 31.8 Å². The molecule has 0 heterocycles. The van der Waals surface area contributed by atoms with E-state index in [1.165, 1.54) is 19.3 Å². The van der Waals surface area contributed by atoms with Gasteiger partial charge in [0.25, 0.3) is 0 Å². The molecule has 2 saturated carbocycles. The van der Waals surface area contributed by atoms with E-state index in [1.807, 2.05) is 6.92 Å². The number of nitrogens with zero attached hydrogens (tertiary/aromatic N) is 1. The van der Waals surface area contributed by atoms with E-state index in [0.29, 0.717) is 18.7 Å². The van der Waals surface area contributed by atoms with Gasteiger partial charge in [0.1, 0.15) is 0 Å². The molecule has 2 aliphatic carbocycles. The lowest BCUT2D eigenvalue weighted by Gasteiger charge is -2.31. The molecule has 116 valence electrons. The van der Waals surface area contributed by atoms with Crippen LogP contribution in [0.3, 0.4) is 0 Å². The Labute approximate surface area is 123 Å². The molecule has 2 fully saturated rings. The zero-order chi connectivity index (χ0) is 14.5. The summed E-state index contributed by atoms with van der Waals surface area (Å²) in [6.45, 7) is 5.69. The second-order valence-electron chi connectivity index (χ2n) is 6.47. The van der Waals surface area contributed by atoms with Gasteiger partial charge in [-0.2, -0.15) is 0 Å². The Bertz CT molecular complexity index is 318. The highest BCUT2D eigenvalue weighted by Gasteiger charge is 2.31. The maximum Gasteiger partial charge on any atom is 0.308 e. The maximum absolute atomic E-state index is 11.8. The van der Waals surface area contributed by atoms with E-state index in [9.17, 15) is 4.79 Å². The quantitative estimate of drug-likeness (QED) is 0.727. The van der Waals surface area contributed by atoms with Crippen LogP contribution < -0.4 is 5.32 Å². The first kappa shape index (κ1) is 15.8. The van der Waals surface area contributed by atoms with Crippen molar-refractivity contribution in [1.29, 1.82) is 0 Å². The smallest absolute Gasteiger partial charge is 0.308 e. The van der Waals surface area contributed by atoms with Crippen molar-refractivity contribution in [2.24, 2.45) is 5.92 Å². The van der Waals surface area contributed by atoms with Crippen molar-refractivity contribution >= 4 is 5.97 Å². The molecule has 0 amide bonds. The molecule has 2 rings (SSSR count). The first-order valence-electron chi connectivity index (χ1n) is 8.23. The van der Waals surface area contributed by atoms with Crippen LogP contribution in [0.4, 0.5) is 0 Å². The summed E-state index contributed by atoms with van der Waals surface area (Å²) in [5.41, 5.74) is 0. The lowest BCUT2D eigenvalue weighted by Crippen LogP contribution is -2.44. The molecule has 0 aliphatic heterocycles. The fraction of sp³-hybridized carbons (Fsp3) is 0.938. The number of esters is 1. The normalized spacial score (nSPS) is 28.4. The molecule has 0 bridgehead atoms. The summed E-state index contributed by atoms with van der Waals surface area (Å²) < 4.78 is 5.16. The molecule has 4 heteroatoms. The van der Waals surface area contributed by atoms with Gasteiger partial charge in [-0.25, -0.2) is 0 Å². The van der Waals surface area contributed by atoms with E-state index in [2.05, 4.69) is 24.2 Å². The van der Waals surface area contributed by atoms with Gasteiger partial charge in [0.2, 0.25) is 0 Å². The van der Waals surface area contributed by atoms with Crippen LogP contribution in [0.15, 0.2) is 0 Å². The predicted octanol–water partition coefficient (Wildman–Crippen LogP) is 2.18. The number of carbonyl (C=O) groups is 1. The van der Waals surface area contributed by atoms with Crippen LogP contribution in [-0.2, 0) is 9.53 Å². The van der Waals surface area contributed by atoms with Crippen molar-refractivity contribution in [3.05, 3.63) is 0 Å². The standard InChI is InChI=1S/C16H30N2O2/c1-4-20-16(19)13-6-5-7-14(10-13)17-11-12(2)18(3)15-8-9-15/h12-15,17H,4-11H2,1-3H3. The zero-order valence-corrected chi connectivity index (χ0v) is 13.2. The largest absolute Gasteiger partial charge is 0.466 e. The van der Waals surface area contributed by atoms with Crippen molar-refractivity contribution in [3.63, 3.8) is 0 Å². The zero-order valence-electron chi connectivity index (χ0n) is 13.2. The minimum atomic E-state index is 0.00199. The van der Waals surface area contributed by atoms with Crippen LogP contribution >= 0.6 is 0 Å². The molecule has 0 aromatic heterocycles. The Morgan fingerprint density at radius 2 is 2.10 bits per heavy atom. The van der Waals surface area contributed by atoms with E-state index in [4.69, 9.17) is 4.74 Å². The summed E-state index contributed by atoms with van der Waals surface area (Å²) in [7, 11) is 2.23. The molecule has 1 N–H and O–H groups in total. The summed E-state index contributed by atoms with van der Waals surface area (Å²) in [5.74, 6) is 0.111. The summed E-state index contributed by atoms with van der Waals surface area (Å²) in [4.78, 5) is 14.3. The highest BCUT2D eigenvalue weighted by atomic mass is 16.5. The van der Waals surface area contributed by atoms with Crippen LogP contribution in [0.25, 0.3) is 0 Å². The van der Waals surface area contributed by atoms with E-state index < -0.39 is 0 Å². The van der Waals surface area contributed by atoms with Crippen molar-refractivity contribution in [1.82, 2.24) is 10.2 Å². The summed E-state index contributed by atoms with van der Waals surface area (Å²) >= 11 is 0. The molecule has 3 unspecified atom stereocenters. The van der Waals surface area contributed by atoms with Gasteiger partial charge in [-0.05, 0) is 53.0 Å². The highest BCUT2D eigenvalue weighted by molar-refractivity contribution is 5.72. The third-order valence-electron chi connectivity index (χ3n) is 4.81. The fourth-order valence-electron chi connectivity index (χ4n) is 3.17. The molecule has 0 saturated heterocycles. The Hall–Kier alpha value is -0.610. The van der Waals surface area contributed by atoms with Gasteiger partial charge in [-0.3, -0.25) is 9.69 Å². The first-order chi connectivity index (χ1) is 9.61. The van der Waals surface area contributed by atoms with E-state index >= 15 is 0 Å². The molecular weight excluding hydrogens is 252 g/mol. The molecule has 4 nitrogen and oxygen atoms in total. The van der Waals surface area contributed by atoms with Gasteiger partial charge in [-0.15, -0.1) is 0 Å². The summed E-state index contributed by atoms with van der Waals surface area (Å²) in [5, 5.41) is 3.66. The number of ether oxygens (including phenoxy) is 1. The number of hydrogen-bond donors (Lipinski definition) is 1. The van der Waals surface area contributed by atoms with Gasteiger partial charge >= 0.3 is 5.97 Å². The number of hydrogen-bond acceptors (Lipinski definition) is 4. The molecule has 0 aromatic rings. The van der Waals surface area contributed by atoms with Crippen molar-refractivity contribution in [2.75, 3.05) is 20.2 Å². The Balaban J connectivity index is 1.70. The average Bonchev–Trinajstić information content (AvgIpc) is 3.29. The average molecular weight is 282 g/mol. The number of nitrogens with one attached hydrogen (secondary N) is 1. The van der Waals surface area contributed by atoms with Gasteiger partial charge < -0.3 is 10.1 Å². The highest BCUT2D eigenvalue weighted by Crippen LogP contribution is 2.28. The summed E-state index contributed by atoms with van der Waals surface area (Å²) in [6.07, 6.45) is 6.97. The minimum Gasteiger partial charge on any atom is -0.466 e. The molecule has 0 radical (unpaired) electrons. The first-order valence-corrected chi connectivity index (χ1v) is 8.23. The van der Waals surface area contributed by atoms with Gasteiger partial charge in [0, 0.05) is 24.7 Å². The number of carbonyl (C=O) groups excluding carboxylic acids is 1. The summed E-state index contributed by atoms with van der Waals surface area (Å²) in [6, 6.07) is 1.86. The van der Waals surface area contributed by atoms with Crippen molar-refractivity contribution in [2.45, 2.75) is 70.5 Å². The second kappa shape index (κ2) is 7.41. The van der Waals surface area contributed by atoms with Crippen LogP contribution in [0.1, 0.15) is 52.4 Å². The third kappa shape index (κ3) is 4.45. The lowest BCUT2D eigenvalue weighted by atomic mass is 9.85. The minimum absolute atomic E-state index is 0.00199. The topological polar surface area (TPSA) is 41.6 Å². The van der Waals surface area contributed by atoms with Crippen LogP contribution in [0.2, 0.25) is 0 Å². The Morgan fingerprint density at radius 3 is 2.75 bits per heavy atom. The van der Waals surface area contributed by atoms with Crippen molar-refractivity contribution < 1.29 is 9.53 Å². The Morgan fingerprint density at radius 1 is 1.35 bits per heavy atom. The van der Waals surface area contributed by atoms with Crippen LogP contribution in [0, 0.1) is 5.92 Å². The molecule has 3 atom stereocenters. The van der Waals surface area contributed by atoms with Gasteiger partial charge in [-0.1, -0.05) is 6.42 Å². The number of rotatable bonds is 7.